The minimum Gasteiger partial charge on any atom is -0.356 e. The van der Waals surface area contributed by atoms with Crippen molar-refractivity contribution < 1.29 is 13.2 Å². The molecule has 7 heteroatoms. The van der Waals surface area contributed by atoms with Gasteiger partial charge in [0.1, 0.15) is 0 Å². The fraction of sp³-hybridized carbons (Fsp3) is 0.667. The number of nitrogens with zero attached hydrogens (tertiary/aromatic N) is 1. The van der Waals surface area contributed by atoms with Crippen LogP contribution < -0.4 is 5.32 Å². The van der Waals surface area contributed by atoms with Crippen molar-refractivity contribution in [2.75, 3.05) is 18.1 Å². The fourth-order valence-corrected chi connectivity index (χ4v) is 4.67. The van der Waals surface area contributed by atoms with Crippen LogP contribution in [0.4, 0.5) is 0 Å². The lowest BCUT2D eigenvalue weighted by Crippen LogP contribution is -2.32. The van der Waals surface area contributed by atoms with Gasteiger partial charge in [0.2, 0.25) is 5.91 Å². The summed E-state index contributed by atoms with van der Waals surface area (Å²) in [7, 11) is -2.98. The minimum atomic E-state index is -2.98. The first-order valence-electron chi connectivity index (χ1n) is 6.35. The first kappa shape index (κ1) is 14.5. The van der Waals surface area contributed by atoms with E-state index in [1.807, 2.05) is 12.3 Å². The molecule has 0 spiro atoms. The van der Waals surface area contributed by atoms with E-state index in [4.69, 9.17) is 0 Å². The van der Waals surface area contributed by atoms with Crippen LogP contribution in [0.1, 0.15) is 23.5 Å². The molecule has 1 amide bonds. The largest absolute Gasteiger partial charge is 0.356 e. The van der Waals surface area contributed by atoms with Crippen LogP contribution >= 0.6 is 11.3 Å². The molecule has 106 valence electrons. The van der Waals surface area contributed by atoms with E-state index < -0.39 is 9.84 Å². The average Bonchev–Trinajstić information content (AvgIpc) is 2.90. The Hall–Kier alpha value is -0.950. The van der Waals surface area contributed by atoms with Gasteiger partial charge in [-0.3, -0.25) is 4.79 Å². The standard InChI is InChI=1S/C12H18N2O3S2/c1-9-7-18-11(14-9)3-2-5-13-12(15)10-4-6-19(16,17)8-10/h7,10H,2-6,8H2,1H3,(H,13,15)/t10-/m1/s1. The molecule has 2 heterocycles. The Balaban J connectivity index is 1.67. The molecule has 0 aromatic carbocycles. The molecular weight excluding hydrogens is 284 g/mol. The molecule has 0 saturated carbocycles. The number of carbonyl (C=O) groups is 1. The molecule has 1 aliphatic rings. The number of thiazole rings is 1. The van der Waals surface area contributed by atoms with E-state index in [1.54, 1.807) is 11.3 Å². The summed E-state index contributed by atoms with van der Waals surface area (Å²) in [4.78, 5) is 16.1. The highest BCUT2D eigenvalue weighted by atomic mass is 32.2. The van der Waals surface area contributed by atoms with Crippen LogP contribution in [0.3, 0.4) is 0 Å². The molecule has 1 aromatic heterocycles. The van der Waals surface area contributed by atoms with Crippen LogP contribution in [-0.4, -0.2) is 37.4 Å². The molecule has 0 aliphatic carbocycles. The van der Waals surface area contributed by atoms with Crippen LogP contribution in [0.2, 0.25) is 0 Å². The molecule has 1 saturated heterocycles. The SMILES string of the molecule is Cc1csc(CCCNC(=O)[C@@H]2CCS(=O)(=O)C2)n1. The van der Waals surface area contributed by atoms with E-state index in [0.29, 0.717) is 13.0 Å². The molecule has 1 atom stereocenters. The summed E-state index contributed by atoms with van der Waals surface area (Å²) in [5, 5.41) is 5.90. The lowest BCUT2D eigenvalue weighted by atomic mass is 10.1. The van der Waals surface area contributed by atoms with Crippen molar-refractivity contribution in [2.45, 2.75) is 26.2 Å². The van der Waals surface area contributed by atoms with E-state index in [9.17, 15) is 13.2 Å². The van der Waals surface area contributed by atoms with Crippen molar-refractivity contribution in [3.63, 3.8) is 0 Å². The van der Waals surface area contributed by atoms with Crippen LogP contribution in [0.15, 0.2) is 5.38 Å². The second-order valence-corrected chi connectivity index (χ2v) is 8.05. The van der Waals surface area contributed by atoms with E-state index in [1.165, 1.54) is 0 Å². The zero-order chi connectivity index (χ0) is 13.9. The molecule has 1 aromatic rings. The molecule has 1 fully saturated rings. The lowest BCUT2D eigenvalue weighted by Gasteiger charge is -2.08. The number of carbonyl (C=O) groups excluding carboxylic acids is 1. The third kappa shape index (κ3) is 4.28. The Bertz CT molecular complexity index is 551. The lowest BCUT2D eigenvalue weighted by molar-refractivity contribution is -0.124. The highest BCUT2D eigenvalue weighted by molar-refractivity contribution is 7.91. The van der Waals surface area contributed by atoms with Crippen LogP contribution in [0.5, 0.6) is 0 Å². The van der Waals surface area contributed by atoms with E-state index >= 15 is 0 Å². The number of sulfone groups is 1. The van der Waals surface area contributed by atoms with Gasteiger partial charge in [-0.1, -0.05) is 0 Å². The number of amides is 1. The summed E-state index contributed by atoms with van der Waals surface area (Å²) in [6.07, 6.45) is 2.14. The van der Waals surface area contributed by atoms with Gasteiger partial charge in [-0.2, -0.15) is 0 Å². The van der Waals surface area contributed by atoms with Crippen LogP contribution in [-0.2, 0) is 21.1 Å². The summed E-state index contributed by atoms with van der Waals surface area (Å²) in [6.45, 7) is 2.54. The molecule has 0 radical (unpaired) electrons. The molecule has 19 heavy (non-hydrogen) atoms. The molecule has 2 rings (SSSR count). The number of aromatic nitrogens is 1. The first-order chi connectivity index (χ1) is 8.96. The quantitative estimate of drug-likeness (QED) is 0.821. The summed E-state index contributed by atoms with van der Waals surface area (Å²) in [5.41, 5.74) is 1.03. The highest BCUT2D eigenvalue weighted by Gasteiger charge is 2.32. The maximum atomic E-state index is 11.8. The third-order valence-electron chi connectivity index (χ3n) is 3.14. The second-order valence-electron chi connectivity index (χ2n) is 4.88. The third-order valence-corrected chi connectivity index (χ3v) is 5.93. The molecule has 1 aliphatic heterocycles. The predicted octanol–water partition coefficient (Wildman–Crippen LogP) is 0.935. The van der Waals surface area contributed by atoms with Crippen LogP contribution in [0.25, 0.3) is 0 Å². The molecule has 0 bridgehead atoms. The molecule has 5 nitrogen and oxygen atoms in total. The topological polar surface area (TPSA) is 76.1 Å². The summed E-state index contributed by atoms with van der Waals surface area (Å²) >= 11 is 1.63. The maximum Gasteiger partial charge on any atom is 0.224 e. The summed E-state index contributed by atoms with van der Waals surface area (Å²) < 4.78 is 22.6. The highest BCUT2D eigenvalue weighted by Crippen LogP contribution is 2.18. The van der Waals surface area contributed by atoms with Gasteiger partial charge in [0.15, 0.2) is 9.84 Å². The Morgan fingerprint density at radius 1 is 1.58 bits per heavy atom. The zero-order valence-corrected chi connectivity index (χ0v) is 12.5. The van der Waals surface area contributed by atoms with E-state index in [2.05, 4.69) is 10.3 Å². The van der Waals surface area contributed by atoms with Crippen molar-refractivity contribution in [3.05, 3.63) is 16.1 Å². The summed E-state index contributed by atoms with van der Waals surface area (Å²) in [6, 6.07) is 0. The Labute approximate surface area is 117 Å². The fourth-order valence-electron chi connectivity index (χ4n) is 2.11. The predicted molar refractivity (Wildman–Crippen MR) is 74.9 cm³/mol. The van der Waals surface area contributed by atoms with Gasteiger partial charge >= 0.3 is 0 Å². The maximum absolute atomic E-state index is 11.8. The van der Waals surface area contributed by atoms with Crippen molar-refractivity contribution in [2.24, 2.45) is 5.92 Å². The van der Waals surface area contributed by atoms with Crippen molar-refractivity contribution >= 4 is 27.1 Å². The second kappa shape index (κ2) is 6.00. The number of aryl methyl sites for hydroxylation is 2. The van der Waals surface area contributed by atoms with Gasteiger partial charge in [0.05, 0.1) is 22.4 Å². The van der Waals surface area contributed by atoms with Crippen molar-refractivity contribution in [1.82, 2.24) is 10.3 Å². The first-order valence-corrected chi connectivity index (χ1v) is 9.05. The number of hydrogen-bond acceptors (Lipinski definition) is 5. The molecule has 1 N–H and O–H groups in total. The number of nitrogens with one attached hydrogen (secondary N) is 1. The van der Waals surface area contributed by atoms with Gasteiger partial charge in [0.25, 0.3) is 0 Å². The van der Waals surface area contributed by atoms with E-state index in [-0.39, 0.29) is 23.3 Å². The van der Waals surface area contributed by atoms with Gasteiger partial charge < -0.3 is 5.32 Å². The minimum absolute atomic E-state index is 0.00447. The van der Waals surface area contributed by atoms with Gasteiger partial charge in [-0.05, 0) is 19.8 Å². The van der Waals surface area contributed by atoms with E-state index in [0.717, 1.165) is 23.5 Å². The summed E-state index contributed by atoms with van der Waals surface area (Å²) in [5.74, 6) is -0.336. The average molecular weight is 302 g/mol. The zero-order valence-electron chi connectivity index (χ0n) is 10.9. The number of rotatable bonds is 5. The Kier molecular flexibility index (Phi) is 4.57. The van der Waals surface area contributed by atoms with Gasteiger partial charge in [-0.25, -0.2) is 13.4 Å². The monoisotopic (exact) mass is 302 g/mol. The van der Waals surface area contributed by atoms with Gasteiger partial charge in [0, 0.05) is 24.0 Å². The van der Waals surface area contributed by atoms with Crippen molar-refractivity contribution in [1.29, 1.82) is 0 Å². The van der Waals surface area contributed by atoms with Crippen LogP contribution in [0, 0.1) is 12.8 Å². The molecule has 0 unspecified atom stereocenters. The number of hydrogen-bond donors (Lipinski definition) is 1. The Morgan fingerprint density at radius 2 is 2.37 bits per heavy atom. The smallest absolute Gasteiger partial charge is 0.224 e. The molecular formula is C12H18N2O3S2. The van der Waals surface area contributed by atoms with Crippen molar-refractivity contribution in [3.8, 4) is 0 Å². The van der Waals surface area contributed by atoms with Gasteiger partial charge in [-0.15, -0.1) is 11.3 Å². The normalized spacial score (nSPS) is 21.4. The Morgan fingerprint density at radius 3 is 2.95 bits per heavy atom.